The summed E-state index contributed by atoms with van der Waals surface area (Å²) in [6.45, 7) is 7.03. The Labute approximate surface area is 148 Å². The lowest BCUT2D eigenvalue weighted by Gasteiger charge is -2.38. The molecule has 3 rings (SSSR count). The molecule has 1 saturated heterocycles. The molecule has 0 aromatic heterocycles. The summed E-state index contributed by atoms with van der Waals surface area (Å²) in [5.74, 6) is -0.404. The van der Waals surface area contributed by atoms with Gasteiger partial charge in [0.25, 0.3) is 0 Å². The molecule has 1 heterocycles. The summed E-state index contributed by atoms with van der Waals surface area (Å²) in [4.78, 5) is 17.0. The fourth-order valence-electron chi connectivity index (χ4n) is 3.09. The van der Waals surface area contributed by atoms with Crippen LogP contribution in [-0.2, 0) is 4.79 Å². The van der Waals surface area contributed by atoms with Crippen molar-refractivity contribution in [2.75, 3.05) is 36.4 Å². The standard InChI is InChI=1S/C20H24FN3O/c1-15-8-9-17(14-19(15)21)22-20(25)16(2)23-10-12-24(13-11-23)18-6-4-3-5-7-18/h3-9,14,16H,10-13H2,1-2H3,(H,22,25)/t16-/m1/s1. The molecule has 1 N–H and O–H groups in total. The summed E-state index contributed by atoms with van der Waals surface area (Å²) >= 11 is 0. The van der Waals surface area contributed by atoms with Gasteiger partial charge in [0, 0.05) is 37.6 Å². The second-order valence-electron chi connectivity index (χ2n) is 6.49. The summed E-state index contributed by atoms with van der Waals surface area (Å²) in [7, 11) is 0. The summed E-state index contributed by atoms with van der Waals surface area (Å²) in [6, 6.07) is 14.8. The van der Waals surface area contributed by atoms with Crippen molar-refractivity contribution in [3.8, 4) is 0 Å². The first-order chi connectivity index (χ1) is 12.0. The Balaban J connectivity index is 1.55. The van der Waals surface area contributed by atoms with Gasteiger partial charge in [-0.25, -0.2) is 4.39 Å². The molecular weight excluding hydrogens is 317 g/mol. The Morgan fingerprint density at radius 3 is 2.40 bits per heavy atom. The molecular formula is C20H24FN3O. The molecule has 1 aliphatic heterocycles. The monoisotopic (exact) mass is 341 g/mol. The number of aryl methyl sites for hydroxylation is 1. The van der Waals surface area contributed by atoms with Crippen molar-refractivity contribution in [2.45, 2.75) is 19.9 Å². The minimum atomic E-state index is -0.304. The number of anilines is 2. The van der Waals surface area contributed by atoms with E-state index in [0.717, 1.165) is 26.2 Å². The topological polar surface area (TPSA) is 35.6 Å². The van der Waals surface area contributed by atoms with E-state index in [-0.39, 0.29) is 17.8 Å². The minimum absolute atomic E-state index is 0.101. The van der Waals surface area contributed by atoms with Crippen LogP contribution in [0.4, 0.5) is 15.8 Å². The van der Waals surface area contributed by atoms with E-state index in [2.05, 4.69) is 27.2 Å². The van der Waals surface area contributed by atoms with Gasteiger partial charge in [0.05, 0.1) is 6.04 Å². The van der Waals surface area contributed by atoms with Crippen LogP contribution in [0.2, 0.25) is 0 Å². The van der Waals surface area contributed by atoms with Gasteiger partial charge in [-0.2, -0.15) is 0 Å². The quantitative estimate of drug-likeness (QED) is 0.927. The van der Waals surface area contributed by atoms with E-state index in [9.17, 15) is 9.18 Å². The summed E-state index contributed by atoms with van der Waals surface area (Å²) in [5.41, 5.74) is 2.29. The van der Waals surface area contributed by atoms with Gasteiger partial charge in [0.15, 0.2) is 0 Å². The number of hydrogen-bond acceptors (Lipinski definition) is 3. The number of nitrogens with zero attached hydrogens (tertiary/aromatic N) is 2. The van der Waals surface area contributed by atoms with Crippen molar-refractivity contribution in [3.63, 3.8) is 0 Å². The van der Waals surface area contributed by atoms with Crippen LogP contribution in [0.25, 0.3) is 0 Å². The molecule has 0 radical (unpaired) electrons. The van der Waals surface area contributed by atoms with Gasteiger partial charge in [0.1, 0.15) is 5.82 Å². The van der Waals surface area contributed by atoms with Gasteiger partial charge >= 0.3 is 0 Å². The Morgan fingerprint density at radius 1 is 1.08 bits per heavy atom. The Bertz CT molecular complexity index is 727. The second-order valence-corrected chi connectivity index (χ2v) is 6.49. The molecule has 1 aliphatic rings. The normalized spacial score (nSPS) is 16.5. The van der Waals surface area contributed by atoms with E-state index >= 15 is 0 Å². The van der Waals surface area contributed by atoms with Crippen molar-refractivity contribution in [1.82, 2.24) is 4.90 Å². The number of para-hydroxylation sites is 1. The third-order valence-corrected chi connectivity index (χ3v) is 4.80. The largest absolute Gasteiger partial charge is 0.369 e. The summed E-state index contributed by atoms with van der Waals surface area (Å²) in [5, 5.41) is 2.82. The number of rotatable bonds is 4. The van der Waals surface area contributed by atoms with Crippen molar-refractivity contribution >= 4 is 17.3 Å². The first-order valence-corrected chi connectivity index (χ1v) is 8.65. The first-order valence-electron chi connectivity index (χ1n) is 8.65. The predicted molar refractivity (Wildman–Crippen MR) is 99.5 cm³/mol. The lowest BCUT2D eigenvalue weighted by Crippen LogP contribution is -2.52. The molecule has 25 heavy (non-hydrogen) atoms. The predicted octanol–water partition coefficient (Wildman–Crippen LogP) is 3.28. The average Bonchev–Trinajstić information content (AvgIpc) is 2.65. The van der Waals surface area contributed by atoms with Crippen molar-refractivity contribution in [3.05, 3.63) is 59.9 Å². The van der Waals surface area contributed by atoms with Crippen LogP contribution in [0.3, 0.4) is 0 Å². The molecule has 1 atom stereocenters. The first kappa shape index (κ1) is 17.4. The van der Waals surface area contributed by atoms with Crippen LogP contribution in [0.5, 0.6) is 0 Å². The molecule has 4 nitrogen and oxygen atoms in total. The Kier molecular flexibility index (Phi) is 5.34. The van der Waals surface area contributed by atoms with E-state index in [1.165, 1.54) is 11.8 Å². The van der Waals surface area contributed by atoms with Crippen LogP contribution >= 0.6 is 0 Å². The van der Waals surface area contributed by atoms with Crippen molar-refractivity contribution in [1.29, 1.82) is 0 Å². The maximum Gasteiger partial charge on any atom is 0.241 e. The molecule has 1 amide bonds. The van der Waals surface area contributed by atoms with Crippen LogP contribution in [0, 0.1) is 12.7 Å². The summed E-state index contributed by atoms with van der Waals surface area (Å²) < 4.78 is 13.6. The molecule has 132 valence electrons. The van der Waals surface area contributed by atoms with Crippen LogP contribution in [-0.4, -0.2) is 43.0 Å². The SMILES string of the molecule is Cc1ccc(NC(=O)[C@@H](C)N2CCN(c3ccccc3)CC2)cc1F. The number of hydrogen-bond donors (Lipinski definition) is 1. The van der Waals surface area contributed by atoms with Gasteiger partial charge in [-0.05, 0) is 43.7 Å². The van der Waals surface area contributed by atoms with Gasteiger partial charge < -0.3 is 10.2 Å². The lowest BCUT2D eigenvalue weighted by atomic mass is 10.1. The molecule has 0 spiro atoms. The number of piperazine rings is 1. The molecule has 5 heteroatoms. The molecule has 0 unspecified atom stereocenters. The van der Waals surface area contributed by atoms with Crippen molar-refractivity contribution < 1.29 is 9.18 Å². The van der Waals surface area contributed by atoms with Crippen molar-refractivity contribution in [2.24, 2.45) is 0 Å². The van der Waals surface area contributed by atoms with Crippen LogP contribution in [0.1, 0.15) is 12.5 Å². The Hall–Kier alpha value is -2.40. The maximum atomic E-state index is 13.6. The minimum Gasteiger partial charge on any atom is -0.369 e. The fourth-order valence-corrected chi connectivity index (χ4v) is 3.09. The van der Waals surface area contributed by atoms with Gasteiger partial charge in [-0.15, -0.1) is 0 Å². The number of carbonyl (C=O) groups excluding carboxylic acids is 1. The van der Waals surface area contributed by atoms with Crippen LogP contribution < -0.4 is 10.2 Å². The molecule has 1 fully saturated rings. The molecule has 0 saturated carbocycles. The van der Waals surface area contributed by atoms with E-state index in [4.69, 9.17) is 0 Å². The highest BCUT2D eigenvalue weighted by molar-refractivity contribution is 5.94. The molecule has 0 bridgehead atoms. The van der Waals surface area contributed by atoms with Gasteiger partial charge in [-0.3, -0.25) is 9.69 Å². The number of halogens is 1. The molecule has 2 aromatic rings. The van der Waals surface area contributed by atoms with E-state index in [1.54, 1.807) is 19.1 Å². The Morgan fingerprint density at radius 2 is 1.76 bits per heavy atom. The average molecular weight is 341 g/mol. The maximum absolute atomic E-state index is 13.6. The zero-order chi connectivity index (χ0) is 17.8. The number of carbonyl (C=O) groups is 1. The highest BCUT2D eigenvalue weighted by atomic mass is 19.1. The number of amides is 1. The number of nitrogens with one attached hydrogen (secondary N) is 1. The highest BCUT2D eigenvalue weighted by Crippen LogP contribution is 2.18. The second kappa shape index (κ2) is 7.66. The third kappa shape index (κ3) is 4.17. The molecule has 0 aliphatic carbocycles. The van der Waals surface area contributed by atoms with E-state index in [0.29, 0.717) is 11.3 Å². The number of benzene rings is 2. The van der Waals surface area contributed by atoms with Gasteiger partial charge in [0.2, 0.25) is 5.91 Å². The molecule has 2 aromatic carbocycles. The van der Waals surface area contributed by atoms with E-state index in [1.807, 2.05) is 25.1 Å². The zero-order valence-corrected chi connectivity index (χ0v) is 14.7. The van der Waals surface area contributed by atoms with E-state index < -0.39 is 0 Å². The van der Waals surface area contributed by atoms with Crippen LogP contribution in [0.15, 0.2) is 48.5 Å². The third-order valence-electron chi connectivity index (χ3n) is 4.80. The highest BCUT2D eigenvalue weighted by Gasteiger charge is 2.25. The lowest BCUT2D eigenvalue weighted by molar-refractivity contribution is -0.120. The smallest absolute Gasteiger partial charge is 0.241 e. The van der Waals surface area contributed by atoms with Gasteiger partial charge in [-0.1, -0.05) is 24.3 Å². The fraction of sp³-hybridized carbons (Fsp3) is 0.350. The zero-order valence-electron chi connectivity index (χ0n) is 14.7. The summed E-state index contributed by atoms with van der Waals surface area (Å²) in [6.07, 6.45) is 0.